The zero-order valence-electron chi connectivity index (χ0n) is 12.1. The summed E-state index contributed by atoms with van der Waals surface area (Å²) in [6, 6.07) is 7.61. The summed E-state index contributed by atoms with van der Waals surface area (Å²) in [5, 5.41) is 5.52. The van der Waals surface area contributed by atoms with Crippen LogP contribution in [0.2, 0.25) is 0 Å². The lowest BCUT2D eigenvalue weighted by Crippen LogP contribution is -2.34. The second kappa shape index (κ2) is 8.19. The van der Waals surface area contributed by atoms with Crippen molar-refractivity contribution in [2.24, 2.45) is 0 Å². The van der Waals surface area contributed by atoms with Gasteiger partial charge in [-0.25, -0.2) is 0 Å². The third-order valence-electron chi connectivity index (χ3n) is 2.74. The normalized spacial score (nSPS) is 10.3. The van der Waals surface area contributed by atoms with Gasteiger partial charge in [-0.05, 0) is 38.0 Å². The Morgan fingerprint density at radius 3 is 2.35 bits per heavy atom. The Bertz CT molecular complexity index is 441. The lowest BCUT2D eigenvalue weighted by atomic mass is 10.1. The van der Waals surface area contributed by atoms with Crippen LogP contribution in [-0.2, 0) is 16.0 Å². The predicted molar refractivity (Wildman–Crippen MR) is 80.1 cm³/mol. The highest BCUT2D eigenvalue weighted by Gasteiger charge is 2.05. The van der Waals surface area contributed by atoms with E-state index in [9.17, 15) is 9.59 Å². The monoisotopic (exact) mass is 277 g/mol. The van der Waals surface area contributed by atoms with Gasteiger partial charge >= 0.3 is 0 Å². The molecule has 0 aliphatic rings. The number of nitrogens with one attached hydrogen (secondary N) is 2. The van der Waals surface area contributed by atoms with E-state index in [0.717, 1.165) is 11.3 Å². The highest BCUT2D eigenvalue weighted by atomic mass is 16.2. The fraction of sp³-hybridized carbons (Fsp3) is 0.467. The SMILES string of the molecule is CC(C)NC(=O)CCNC(=O)CCc1ccc(N)cc1. The Morgan fingerprint density at radius 1 is 1.10 bits per heavy atom. The van der Waals surface area contributed by atoms with Crippen LogP contribution >= 0.6 is 0 Å². The Hall–Kier alpha value is -2.04. The molecule has 4 N–H and O–H groups in total. The molecule has 0 unspecified atom stereocenters. The molecule has 0 spiro atoms. The van der Waals surface area contributed by atoms with Crippen LogP contribution in [0.4, 0.5) is 5.69 Å². The fourth-order valence-electron chi connectivity index (χ4n) is 1.74. The van der Waals surface area contributed by atoms with Crippen molar-refractivity contribution in [1.82, 2.24) is 10.6 Å². The van der Waals surface area contributed by atoms with Crippen molar-refractivity contribution in [1.29, 1.82) is 0 Å². The minimum Gasteiger partial charge on any atom is -0.399 e. The van der Waals surface area contributed by atoms with Crippen LogP contribution < -0.4 is 16.4 Å². The van der Waals surface area contributed by atoms with Crippen molar-refractivity contribution >= 4 is 17.5 Å². The summed E-state index contributed by atoms with van der Waals surface area (Å²) >= 11 is 0. The number of benzene rings is 1. The molecular formula is C15H23N3O2. The van der Waals surface area contributed by atoms with Crippen LogP contribution in [-0.4, -0.2) is 24.4 Å². The van der Waals surface area contributed by atoms with Crippen molar-refractivity contribution in [2.75, 3.05) is 12.3 Å². The van der Waals surface area contributed by atoms with E-state index in [-0.39, 0.29) is 17.9 Å². The molecule has 0 saturated heterocycles. The molecule has 0 saturated carbocycles. The summed E-state index contributed by atoms with van der Waals surface area (Å²) < 4.78 is 0. The molecule has 0 atom stereocenters. The molecular weight excluding hydrogens is 254 g/mol. The highest BCUT2D eigenvalue weighted by molar-refractivity contribution is 5.79. The van der Waals surface area contributed by atoms with Gasteiger partial charge in [0.25, 0.3) is 0 Å². The van der Waals surface area contributed by atoms with Gasteiger partial charge in [-0.15, -0.1) is 0 Å². The van der Waals surface area contributed by atoms with Crippen LogP contribution in [0.1, 0.15) is 32.3 Å². The third-order valence-corrected chi connectivity index (χ3v) is 2.74. The average molecular weight is 277 g/mol. The van der Waals surface area contributed by atoms with Gasteiger partial charge in [0, 0.05) is 31.1 Å². The minimum absolute atomic E-state index is 0.0424. The Morgan fingerprint density at radius 2 is 1.75 bits per heavy atom. The quantitative estimate of drug-likeness (QED) is 0.655. The van der Waals surface area contributed by atoms with Gasteiger partial charge in [0.15, 0.2) is 0 Å². The molecule has 0 bridgehead atoms. The summed E-state index contributed by atoms with van der Waals surface area (Å²) in [4.78, 5) is 23.0. The molecule has 5 nitrogen and oxygen atoms in total. The second-order valence-corrected chi connectivity index (χ2v) is 5.06. The molecule has 1 aromatic rings. The van der Waals surface area contributed by atoms with E-state index in [2.05, 4.69) is 10.6 Å². The number of nitrogen functional groups attached to an aromatic ring is 1. The molecule has 0 aliphatic carbocycles. The number of aryl methyl sites for hydroxylation is 1. The molecule has 1 rings (SSSR count). The van der Waals surface area contributed by atoms with Gasteiger partial charge in [-0.3, -0.25) is 9.59 Å². The molecule has 2 amide bonds. The number of rotatable bonds is 7. The summed E-state index contributed by atoms with van der Waals surface area (Å²) in [6.45, 7) is 4.19. The predicted octanol–water partition coefficient (Wildman–Crippen LogP) is 1.23. The Kier molecular flexibility index (Phi) is 6.56. The van der Waals surface area contributed by atoms with Gasteiger partial charge in [0.1, 0.15) is 0 Å². The maximum absolute atomic E-state index is 11.6. The molecule has 0 radical (unpaired) electrons. The lowest BCUT2D eigenvalue weighted by molar-refractivity contribution is -0.122. The van der Waals surface area contributed by atoms with Crippen molar-refractivity contribution in [3.05, 3.63) is 29.8 Å². The van der Waals surface area contributed by atoms with Crippen molar-refractivity contribution in [2.45, 2.75) is 39.2 Å². The van der Waals surface area contributed by atoms with Gasteiger partial charge in [-0.2, -0.15) is 0 Å². The zero-order valence-corrected chi connectivity index (χ0v) is 12.1. The van der Waals surface area contributed by atoms with Crippen molar-refractivity contribution < 1.29 is 9.59 Å². The van der Waals surface area contributed by atoms with E-state index in [1.54, 1.807) is 0 Å². The molecule has 110 valence electrons. The van der Waals surface area contributed by atoms with Crippen LogP contribution in [0.3, 0.4) is 0 Å². The highest BCUT2D eigenvalue weighted by Crippen LogP contribution is 2.07. The molecule has 5 heteroatoms. The molecule has 0 heterocycles. The van der Waals surface area contributed by atoms with Crippen LogP contribution in [0.5, 0.6) is 0 Å². The van der Waals surface area contributed by atoms with E-state index < -0.39 is 0 Å². The molecule has 1 aromatic carbocycles. The first-order valence-electron chi connectivity index (χ1n) is 6.88. The summed E-state index contributed by atoms with van der Waals surface area (Å²) in [5.74, 6) is -0.0852. The number of hydrogen-bond acceptors (Lipinski definition) is 3. The molecule has 20 heavy (non-hydrogen) atoms. The van der Waals surface area contributed by atoms with E-state index >= 15 is 0 Å². The van der Waals surface area contributed by atoms with Gasteiger partial charge in [0.2, 0.25) is 11.8 Å². The summed E-state index contributed by atoms with van der Waals surface area (Å²) in [7, 11) is 0. The first kappa shape index (κ1) is 16.0. The van der Waals surface area contributed by atoms with Crippen LogP contribution in [0.15, 0.2) is 24.3 Å². The molecule has 0 fully saturated rings. The summed E-state index contributed by atoms with van der Waals surface area (Å²) in [6.07, 6.45) is 1.39. The minimum atomic E-state index is -0.0427. The summed E-state index contributed by atoms with van der Waals surface area (Å²) in [5.41, 5.74) is 7.39. The van der Waals surface area contributed by atoms with Gasteiger partial charge < -0.3 is 16.4 Å². The topological polar surface area (TPSA) is 84.2 Å². The van der Waals surface area contributed by atoms with Crippen LogP contribution in [0, 0.1) is 0 Å². The lowest BCUT2D eigenvalue weighted by Gasteiger charge is -2.09. The van der Waals surface area contributed by atoms with Crippen molar-refractivity contribution in [3.63, 3.8) is 0 Å². The van der Waals surface area contributed by atoms with E-state index in [0.29, 0.717) is 25.8 Å². The second-order valence-electron chi connectivity index (χ2n) is 5.06. The number of carbonyl (C=O) groups excluding carboxylic acids is 2. The van der Waals surface area contributed by atoms with E-state index in [4.69, 9.17) is 5.73 Å². The van der Waals surface area contributed by atoms with E-state index in [1.165, 1.54) is 0 Å². The number of anilines is 1. The number of hydrogen-bond donors (Lipinski definition) is 3. The van der Waals surface area contributed by atoms with Gasteiger partial charge in [-0.1, -0.05) is 12.1 Å². The maximum Gasteiger partial charge on any atom is 0.221 e. The standard InChI is InChI=1S/C15H23N3O2/c1-11(2)18-15(20)9-10-17-14(19)8-5-12-3-6-13(16)7-4-12/h3-4,6-7,11H,5,8-10,16H2,1-2H3,(H,17,19)(H,18,20). The first-order valence-corrected chi connectivity index (χ1v) is 6.88. The molecule has 0 aromatic heterocycles. The average Bonchev–Trinajstić information content (AvgIpc) is 2.37. The fourth-order valence-corrected chi connectivity index (χ4v) is 1.74. The Labute approximate surface area is 119 Å². The maximum atomic E-state index is 11.6. The largest absolute Gasteiger partial charge is 0.399 e. The molecule has 0 aliphatic heterocycles. The van der Waals surface area contributed by atoms with Crippen molar-refractivity contribution in [3.8, 4) is 0 Å². The number of amides is 2. The number of carbonyl (C=O) groups is 2. The number of nitrogens with two attached hydrogens (primary N) is 1. The third kappa shape index (κ3) is 6.78. The first-order chi connectivity index (χ1) is 9.47. The Balaban J connectivity index is 2.17. The smallest absolute Gasteiger partial charge is 0.221 e. The van der Waals surface area contributed by atoms with Crippen LogP contribution in [0.25, 0.3) is 0 Å². The van der Waals surface area contributed by atoms with E-state index in [1.807, 2.05) is 38.1 Å². The van der Waals surface area contributed by atoms with Gasteiger partial charge in [0.05, 0.1) is 0 Å². The zero-order chi connectivity index (χ0) is 15.0.